The van der Waals surface area contributed by atoms with Crippen molar-refractivity contribution >= 4 is 11.8 Å². The van der Waals surface area contributed by atoms with Gasteiger partial charge in [0, 0.05) is 6.42 Å². The minimum Gasteiger partial charge on any atom is -0.469 e. The Morgan fingerprint density at radius 3 is 2.65 bits per heavy atom. The molecule has 6 atom stereocenters. The molecule has 3 nitrogen and oxygen atoms in total. The van der Waals surface area contributed by atoms with Crippen LogP contribution in [0.4, 0.5) is 0 Å². The summed E-state index contributed by atoms with van der Waals surface area (Å²) in [5.74, 6) is 3.20. The first-order valence-electron chi connectivity index (χ1n) is 9.36. The maximum Gasteiger partial charge on any atom is 0.308 e. The van der Waals surface area contributed by atoms with E-state index in [2.05, 4.69) is 6.92 Å². The second-order valence-corrected chi connectivity index (χ2v) is 8.47. The molecule has 4 aliphatic carbocycles. The Morgan fingerprint density at radius 1 is 1.09 bits per heavy atom. The number of ether oxygens (including phenoxy) is 1. The van der Waals surface area contributed by atoms with Crippen molar-refractivity contribution in [3.05, 3.63) is 11.6 Å². The molecule has 5 unspecified atom stereocenters. The molecule has 0 heterocycles. The van der Waals surface area contributed by atoms with Crippen LogP contribution in [0.5, 0.6) is 0 Å². The van der Waals surface area contributed by atoms with Crippen molar-refractivity contribution in [2.45, 2.75) is 58.3 Å². The summed E-state index contributed by atoms with van der Waals surface area (Å²) >= 11 is 0. The van der Waals surface area contributed by atoms with Crippen molar-refractivity contribution in [2.24, 2.45) is 35.0 Å². The molecule has 0 radical (unpaired) electrons. The zero-order valence-corrected chi connectivity index (χ0v) is 14.3. The molecule has 4 rings (SSSR count). The van der Waals surface area contributed by atoms with Crippen molar-refractivity contribution in [2.75, 3.05) is 7.11 Å². The molecular weight excluding hydrogens is 288 g/mol. The van der Waals surface area contributed by atoms with Gasteiger partial charge in [-0.1, -0.05) is 12.5 Å². The fourth-order valence-electron chi connectivity index (χ4n) is 6.66. The predicted octanol–water partition coefficient (Wildman–Crippen LogP) is 3.92. The topological polar surface area (TPSA) is 43.4 Å². The first-order chi connectivity index (χ1) is 11.0. The average Bonchev–Trinajstić information content (AvgIpc) is 2.99. The van der Waals surface area contributed by atoms with Crippen LogP contribution in [0.1, 0.15) is 58.3 Å². The van der Waals surface area contributed by atoms with Crippen molar-refractivity contribution < 1.29 is 14.3 Å². The molecule has 0 bridgehead atoms. The van der Waals surface area contributed by atoms with Gasteiger partial charge in [0.15, 0.2) is 5.78 Å². The normalized spacial score (nSPS) is 45.6. The van der Waals surface area contributed by atoms with Crippen LogP contribution in [0.3, 0.4) is 0 Å². The van der Waals surface area contributed by atoms with Crippen LogP contribution in [-0.2, 0) is 14.3 Å². The molecule has 0 amide bonds. The lowest BCUT2D eigenvalue weighted by Crippen LogP contribution is -2.47. The average molecular weight is 316 g/mol. The highest BCUT2D eigenvalue weighted by atomic mass is 16.5. The summed E-state index contributed by atoms with van der Waals surface area (Å²) in [5, 5.41) is 0. The Bertz CT molecular complexity index is 563. The SMILES string of the molecule is COC(=O)C1CCC2C1CCC1C2CCC2=CC(=O)CC[C@@]21C. The number of carbonyl (C=O) groups excluding carboxylic acids is 2. The number of ketones is 1. The molecule has 126 valence electrons. The van der Waals surface area contributed by atoms with Crippen molar-refractivity contribution in [1.29, 1.82) is 0 Å². The molecule has 0 aromatic heterocycles. The predicted molar refractivity (Wildman–Crippen MR) is 87.6 cm³/mol. The minimum absolute atomic E-state index is 0.0156. The van der Waals surface area contributed by atoms with Crippen LogP contribution in [0.25, 0.3) is 0 Å². The Hall–Kier alpha value is -1.12. The highest BCUT2D eigenvalue weighted by molar-refractivity contribution is 5.91. The number of fused-ring (bicyclic) bond motifs is 5. The molecule has 3 fully saturated rings. The molecule has 0 aromatic rings. The summed E-state index contributed by atoms with van der Waals surface area (Å²) < 4.78 is 5.05. The first kappa shape index (κ1) is 15.4. The Labute approximate surface area is 138 Å². The summed E-state index contributed by atoms with van der Waals surface area (Å²) in [4.78, 5) is 23.9. The number of hydrogen-bond donors (Lipinski definition) is 0. The van der Waals surface area contributed by atoms with Crippen LogP contribution in [0.15, 0.2) is 11.6 Å². The maximum atomic E-state index is 12.1. The van der Waals surface area contributed by atoms with Gasteiger partial charge in [-0.05, 0) is 80.1 Å². The van der Waals surface area contributed by atoms with Gasteiger partial charge in [0.05, 0.1) is 13.0 Å². The van der Waals surface area contributed by atoms with E-state index in [1.165, 1.54) is 38.4 Å². The van der Waals surface area contributed by atoms with Gasteiger partial charge in [0.25, 0.3) is 0 Å². The molecule has 3 saturated carbocycles. The summed E-state index contributed by atoms with van der Waals surface area (Å²) in [6.45, 7) is 2.41. The van der Waals surface area contributed by atoms with Gasteiger partial charge in [0.1, 0.15) is 0 Å². The van der Waals surface area contributed by atoms with E-state index in [1.807, 2.05) is 6.08 Å². The summed E-state index contributed by atoms with van der Waals surface area (Å²) in [5.41, 5.74) is 1.67. The van der Waals surface area contributed by atoms with Crippen molar-refractivity contribution in [3.63, 3.8) is 0 Å². The summed E-state index contributed by atoms with van der Waals surface area (Å²) in [6.07, 6.45) is 10.6. The van der Waals surface area contributed by atoms with E-state index in [1.54, 1.807) is 0 Å². The lowest BCUT2D eigenvalue weighted by Gasteiger charge is -2.55. The third-order valence-corrected chi connectivity index (χ3v) is 7.78. The van der Waals surface area contributed by atoms with Crippen LogP contribution in [-0.4, -0.2) is 18.9 Å². The summed E-state index contributed by atoms with van der Waals surface area (Å²) in [6, 6.07) is 0. The van der Waals surface area contributed by atoms with E-state index in [-0.39, 0.29) is 17.3 Å². The molecule has 23 heavy (non-hydrogen) atoms. The molecule has 0 aromatic carbocycles. The van der Waals surface area contributed by atoms with Gasteiger partial charge in [0.2, 0.25) is 0 Å². The molecule has 0 saturated heterocycles. The quantitative estimate of drug-likeness (QED) is 0.689. The van der Waals surface area contributed by atoms with E-state index < -0.39 is 0 Å². The smallest absolute Gasteiger partial charge is 0.308 e. The molecule has 0 spiro atoms. The van der Waals surface area contributed by atoms with Crippen LogP contribution >= 0.6 is 0 Å². The Morgan fingerprint density at radius 2 is 1.87 bits per heavy atom. The molecular formula is C20H28O3. The Balaban J connectivity index is 1.60. The lowest BCUT2D eigenvalue weighted by atomic mass is 9.49. The number of carbonyl (C=O) groups is 2. The van der Waals surface area contributed by atoms with E-state index in [0.717, 1.165) is 31.6 Å². The highest BCUT2D eigenvalue weighted by Crippen LogP contribution is 2.62. The molecule has 0 aliphatic heterocycles. The monoisotopic (exact) mass is 316 g/mol. The van der Waals surface area contributed by atoms with E-state index in [0.29, 0.717) is 23.5 Å². The zero-order valence-electron chi connectivity index (χ0n) is 14.3. The van der Waals surface area contributed by atoms with Gasteiger partial charge in [-0.3, -0.25) is 9.59 Å². The van der Waals surface area contributed by atoms with Crippen LogP contribution < -0.4 is 0 Å². The number of methoxy groups -OCH3 is 1. The zero-order chi connectivity index (χ0) is 16.2. The molecule has 3 heteroatoms. The van der Waals surface area contributed by atoms with Gasteiger partial charge in [-0.25, -0.2) is 0 Å². The standard InChI is InChI=1S/C20H28O3/c1-20-10-9-13(21)11-12(20)3-4-16-14-5-6-17(19(22)23-2)15(14)7-8-18(16)20/h11,14-18H,3-10H2,1-2H3/t14?,15?,16?,17?,18?,20-/m0/s1. The van der Waals surface area contributed by atoms with E-state index >= 15 is 0 Å². The second kappa shape index (κ2) is 5.46. The van der Waals surface area contributed by atoms with Crippen LogP contribution in [0.2, 0.25) is 0 Å². The van der Waals surface area contributed by atoms with Crippen molar-refractivity contribution in [1.82, 2.24) is 0 Å². The lowest BCUT2D eigenvalue weighted by molar-refractivity contribution is -0.148. The summed E-state index contributed by atoms with van der Waals surface area (Å²) in [7, 11) is 1.53. The van der Waals surface area contributed by atoms with Crippen LogP contribution in [0, 0.1) is 35.0 Å². The fourth-order valence-corrected chi connectivity index (χ4v) is 6.66. The largest absolute Gasteiger partial charge is 0.469 e. The number of allylic oxidation sites excluding steroid dienone is 1. The third kappa shape index (κ3) is 2.22. The van der Waals surface area contributed by atoms with Gasteiger partial charge in [-0.15, -0.1) is 0 Å². The minimum atomic E-state index is 0.0156. The number of esters is 1. The first-order valence-corrected chi connectivity index (χ1v) is 9.36. The Kier molecular flexibility index (Phi) is 3.66. The number of hydrogen-bond acceptors (Lipinski definition) is 3. The highest BCUT2D eigenvalue weighted by Gasteiger charge is 2.55. The molecule has 0 N–H and O–H groups in total. The van der Waals surface area contributed by atoms with Crippen molar-refractivity contribution in [3.8, 4) is 0 Å². The molecule has 4 aliphatic rings. The van der Waals surface area contributed by atoms with Gasteiger partial charge in [-0.2, -0.15) is 0 Å². The number of rotatable bonds is 1. The maximum absolute atomic E-state index is 12.1. The van der Waals surface area contributed by atoms with E-state index in [9.17, 15) is 9.59 Å². The van der Waals surface area contributed by atoms with E-state index in [4.69, 9.17) is 4.74 Å². The fraction of sp³-hybridized carbons (Fsp3) is 0.800. The second-order valence-electron chi connectivity index (χ2n) is 8.47. The van der Waals surface area contributed by atoms with Gasteiger partial charge < -0.3 is 4.74 Å². The van der Waals surface area contributed by atoms with Gasteiger partial charge >= 0.3 is 5.97 Å². The third-order valence-electron chi connectivity index (χ3n) is 7.78.